The van der Waals surface area contributed by atoms with Crippen LogP contribution in [0.2, 0.25) is 0 Å². The lowest BCUT2D eigenvalue weighted by Crippen LogP contribution is -2.00. The monoisotopic (exact) mass is 187 g/mol. The van der Waals surface area contributed by atoms with Crippen molar-refractivity contribution in [3.05, 3.63) is 39.8 Å². The molecule has 0 amide bonds. The van der Waals surface area contributed by atoms with E-state index in [1.54, 1.807) is 5.56 Å². The Hall–Kier alpha value is -0.910. The van der Waals surface area contributed by atoms with Gasteiger partial charge in [-0.1, -0.05) is 0 Å². The minimum Gasteiger partial charge on any atom is -0.0451 e. The Morgan fingerprint density at radius 1 is 0.929 bits per heavy atom. The first-order chi connectivity index (χ1) is 6.54. The van der Waals surface area contributed by atoms with Gasteiger partial charge in [0, 0.05) is 36.8 Å². The molecule has 0 saturated heterocycles. The molecule has 0 bridgehead atoms. The van der Waals surface area contributed by atoms with Crippen molar-refractivity contribution in [3.63, 3.8) is 0 Å². The minimum absolute atomic E-state index is 0.725. The van der Waals surface area contributed by atoms with E-state index in [-0.39, 0.29) is 0 Å². The molecule has 0 aromatic heterocycles. The molecule has 0 saturated carbocycles. The van der Waals surface area contributed by atoms with Crippen molar-refractivity contribution in [2.24, 2.45) is 0 Å². The van der Waals surface area contributed by atoms with Crippen molar-refractivity contribution in [2.45, 2.75) is 47.0 Å². The first kappa shape index (κ1) is 9.64. The van der Waals surface area contributed by atoms with E-state index in [2.05, 4.69) is 41.0 Å². The van der Waals surface area contributed by atoms with E-state index < -0.39 is 0 Å². The van der Waals surface area contributed by atoms with Gasteiger partial charge in [0.25, 0.3) is 0 Å². The van der Waals surface area contributed by atoms with Crippen LogP contribution in [0.1, 0.15) is 52.6 Å². The molecule has 2 rings (SSSR count). The quantitative estimate of drug-likeness (QED) is 0.539. The van der Waals surface area contributed by atoms with Crippen LogP contribution in [-0.4, -0.2) is 0 Å². The lowest BCUT2D eigenvalue weighted by molar-refractivity contribution is 0.796. The van der Waals surface area contributed by atoms with Gasteiger partial charge in [0.2, 0.25) is 0 Å². The zero-order valence-corrected chi connectivity index (χ0v) is 9.86. The van der Waals surface area contributed by atoms with Crippen molar-refractivity contribution >= 4 is 0 Å². The molecular formula is C14H19+. The normalized spacial score (nSPS) is 19.4. The fourth-order valence-electron chi connectivity index (χ4n) is 2.68. The second kappa shape index (κ2) is 3.05. The maximum atomic E-state index is 2.41. The van der Waals surface area contributed by atoms with Crippen LogP contribution < -0.4 is 0 Å². The van der Waals surface area contributed by atoms with Crippen LogP contribution in [0.5, 0.6) is 0 Å². The second-order valence-corrected chi connectivity index (χ2v) is 4.67. The molecule has 0 fully saturated rings. The van der Waals surface area contributed by atoms with Gasteiger partial charge in [-0.15, -0.1) is 0 Å². The number of hydrogen-bond donors (Lipinski definition) is 0. The summed E-state index contributed by atoms with van der Waals surface area (Å²) in [4.78, 5) is 0. The Kier molecular flexibility index (Phi) is 2.10. The molecular weight excluding hydrogens is 168 g/mol. The van der Waals surface area contributed by atoms with Crippen LogP contribution in [-0.2, 0) is 0 Å². The summed E-state index contributed by atoms with van der Waals surface area (Å²) in [5, 5.41) is 0. The SMILES string of the molecule is Cc1c(C)c(C)c2c(c1C)[CH+]CC2C. The lowest BCUT2D eigenvalue weighted by Gasteiger charge is -2.10. The smallest absolute Gasteiger partial charge is 0.0451 e. The predicted octanol–water partition coefficient (Wildman–Crippen LogP) is 3.98. The Morgan fingerprint density at radius 3 is 2.14 bits per heavy atom. The molecule has 1 unspecified atom stereocenters. The molecule has 0 spiro atoms. The highest BCUT2D eigenvalue weighted by molar-refractivity contribution is 5.56. The van der Waals surface area contributed by atoms with Crippen molar-refractivity contribution in [2.75, 3.05) is 0 Å². The number of fused-ring (bicyclic) bond motifs is 1. The number of hydrogen-bond acceptors (Lipinski definition) is 0. The van der Waals surface area contributed by atoms with Crippen molar-refractivity contribution < 1.29 is 0 Å². The number of rotatable bonds is 0. The molecule has 0 aliphatic heterocycles. The Morgan fingerprint density at radius 2 is 1.50 bits per heavy atom. The van der Waals surface area contributed by atoms with E-state index in [4.69, 9.17) is 0 Å². The summed E-state index contributed by atoms with van der Waals surface area (Å²) < 4.78 is 0. The van der Waals surface area contributed by atoms with Gasteiger partial charge in [0.05, 0.1) is 11.1 Å². The van der Waals surface area contributed by atoms with E-state index in [1.165, 1.54) is 34.2 Å². The average Bonchev–Trinajstić information content (AvgIpc) is 2.54. The van der Waals surface area contributed by atoms with E-state index >= 15 is 0 Å². The third kappa shape index (κ3) is 1.10. The van der Waals surface area contributed by atoms with Crippen LogP contribution in [0, 0.1) is 34.1 Å². The molecule has 1 aliphatic carbocycles. The Balaban J connectivity index is 2.77. The highest BCUT2D eigenvalue weighted by Crippen LogP contribution is 2.40. The summed E-state index contributed by atoms with van der Waals surface area (Å²) in [6, 6.07) is 0. The predicted molar refractivity (Wildman–Crippen MR) is 61.8 cm³/mol. The van der Waals surface area contributed by atoms with Crippen molar-refractivity contribution in [1.82, 2.24) is 0 Å². The highest BCUT2D eigenvalue weighted by Gasteiger charge is 2.32. The van der Waals surface area contributed by atoms with Crippen LogP contribution in [0.15, 0.2) is 0 Å². The second-order valence-electron chi connectivity index (χ2n) is 4.67. The molecule has 0 heterocycles. The average molecular weight is 187 g/mol. The third-order valence-electron chi connectivity index (χ3n) is 3.95. The van der Waals surface area contributed by atoms with Crippen LogP contribution in [0.25, 0.3) is 0 Å². The van der Waals surface area contributed by atoms with E-state index in [0.717, 1.165) is 5.92 Å². The molecule has 1 aromatic rings. The van der Waals surface area contributed by atoms with E-state index in [0.29, 0.717) is 0 Å². The zero-order valence-electron chi connectivity index (χ0n) is 9.86. The minimum atomic E-state index is 0.725. The van der Waals surface area contributed by atoms with Crippen LogP contribution in [0.4, 0.5) is 0 Å². The summed E-state index contributed by atoms with van der Waals surface area (Å²) >= 11 is 0. The van der Waals surface area contributed by atoms with Gasteiger partial charge in [-0.2, -0.15) is 0 Å². The standard InChI is InChI=1S/C14H19/c1-8-6-7-13-11(4)9(2)10(3)12(5)14(8)13/h7-8H,6H2,1-5H3/q+1. The fraction of sp³-hybridized carbons (Fsp3) is 0.500. The van der Waals surface area contributed by atoms with Crippen molar-refractivity contribution in [1.29, 1.82) is 0 Å². The van der Waals surface area contributed by atoms with Gasteiger partial charge in [-0.05, 0) is 33.3 Å². The topological polar surface area (TPSA) is 0 Å². The highest BCUT2D eigenvalue weighted by atomic mass is 14.3. The largest absolute Gasteiger partial charge is 0.136 e. The summed E-state index contributed by atoms with van der Waals surface area (Å²) in [5.74, 6) is 0.725. The van der Waals surface area contributed by atoms with Crippen molar-refractivity contribution in [3.8, 4) is 0 Å². The molecule has 1 atom stereocenters. The Bertz CT molecular complexity index is 386. The molecule has 74 valence electrons. The van der Waals surface area contributed by atoms with Crippen LogP contribution >= 0.6 is 0 Å². The first-order valence-electron chi connectivity index (χ1n) is 5.47. The van der Waals surface area contributed by atoms with Gasteiger partial charge in [0.1, 0.15) is 5.56 Å². The van der Waals surface area contributed by atoms with Crippen LogP contribution in [0.3, 0.4) is 0 Å². The van der Waals surface area contributed by atoms with E-state index in [9.17, 15) is 0 Å². The lowest BCUT2D eigenvalue weighted by atomic mass is 9.88. The fourth-order valence-corrected chi connectivity index (χ4v) is 2.68. The maximum absolute atomic E-state index is 2.41. The molecule has 0 N–H and O–H groups in total. The summed E-state index contributed by atoms with van der Waals surface area (Å²) in [6.45, 7) is 11.4. The summed E-state index contributed by atoms with van der Waals surface area (Å²) in [6.07, 6.45) is 3.63. The van der Waals surface area contributed by atoms with Gasteiger partial charge in [-0.3, -0.25) is 0 Å². The Labute approximate surface area is 87.3 Å². The summed E-state index contributed by atoms with van der Waals surface area (Å²) in [7, 11) is 0. The van der Waals surface area contributed by atoms with Gasteiger partial charge >= 0.3 is 0 Å². The van der Waals surface area contributed by atoms with Gasteiger partial charge in [0.15, 0.2) is 0 Å². The first-order valence-corrected chi connectivity index (χ1v) is 5.47. The van der Waals surface area contributed by atoms with Gasteiger partial charge < -0.3 is 0 Å². The summed E-state index contributed by atoms with van der Waals surface area (Å²) in [5.41, 5.74) is 9.11. The molecule has 1 aromatic carbocycles. The zero-order chi connectivity index (χ0) is 10.5. The molecule has 0 heteroatoms. The number of benzene rings is 1. The van der Waals surface area contributed by atoms with Gasteiger partial charge in [-0.25, -0.2) is 0 Å². The maximum Gasteiger partial charge on any atom is 0.136 e. The molecule has 0 nitrogen and oxygen atoms in total. The van der Waals surface area contributed by atoms with E-state index in [1.807, 2.05) is 0 Å². The molecule has 1 aliphatic rings. The molecule has 14 heavy (non-hydrogen) atoms. The third-order valence-corrected chi connectivity index (χ3v) is 3.95. The molecule has 0 radical (unpaired) electrons.